The summed E-state index contributed by atoms with van der Waals surface area (Å²) in [7, 11) is 0. The summed E-state index contributed by atoms with van der Waals surface area (Å²) in [6, 6.07) is 23.5. The fourth-order valence-electron chi connectivity index (χ4n) is 3.17. The van der Waals surface area contributed by atoms with Gasteiger partial charge in [-0.2, -0.15) is 0 Å². The van der Waals surface area contributed by atoms with Gasteiger partial charge < -0.3 is 5.11 Å². The number of benzene rings is 3. The number of aliphatic imine (C=N–C) groups is 1. The van der Waals surface area contributed by atoms with Crippen LogP contribution in [0.25, 0.3) is 16.9 Å². The number of hydrogen-bond donors (Lipinski definition) is 2. The number of carboxylic acid groups (broad SMARTS) is 1. The normalized spacial score (nSPS) is 11.1. The minimum atomic E-state index is -1.07. The van der Waals surface area contributed by atoms with E-state index in [1.54, 1.807) is 18.2 Å². The van der Waals surface area contributed by atoms with E-state index >= 15 is 0 Å². The van der Waals surface area contributed by atoms with Crippen LogP contribution in [0.5, 0.6) is 0 Å². The molecule has 0 fully saturated rings. The Morgan fingerprint density at radius 2 is 1.63 bits per heavy atom. The molecule has 0 aliphatic carbocycles. The SMILES string of the molecule is Cc1ccc(-c2[nH]n(-c3ccccc3)c(=O)c2C=Nc2ccccc2C(=O)O)cc1. The zero-order valence-corrected chi connectivity index (χ0v) is 16.2. The monoisotopic (exact) mass is 397 g/mol. The molecular formula is C24H19N3O3. The molecule has 4 rings (SSSR count). The van der Waals surface area contributed by atoms with Gasteiger partial charge in [0.15, 0.2) is 0 Å². The third-order valence-electron chi connectivity index (χ3n) is 4.75. The summed E-state index contributed by atoms with van der Waals surface area (Å²) in [6.07, 6.45) is 1.43. The van der Waals surface area contributed by atoms with Crippen LogP contribution in [-0.2, 0) is 0 Å². The molecule has 3 aromatic carbocycles. The van der Waals surface area contributed by atoms with Gasteiger partial charge in [-0.05, 0) is 31.2 Å². The Hall–Kier alpha value is -4.19. The molecule has 0 aliphatic heterocycles. The Morgan fingerprint density at radius 3 is 2.33 bits per heavy atom. The van der Waals surface area contributed by atoms with Crippen molar-refractivity contribution >= 4 is 17.9 Å². The molecule has 0 atom stereocenters. The number of carboxylic acids is 1. The average Bonchev–Trinajstić information content (AvgIpc) is 3.09. The number of aryl methyl sites for hydroxylation is 1. The van der Waals surface area contributed by atoms with Crippen LogP contribution in [0, 0.1) is 6.92 Å². The molecule has 0 saturated carbocycles. The van der Waals surface area contributed by atoms with Gasteiger partial charge in [-0.25, -0.2) is 9.48 Å². The summed E-state index contributed by atoms with van der Waals surface area (Å²) >= 11 is 0. The van der Waals surface area contributed by atoms with Gasteiger partial charge in [0.25, 0.3) is 5.56 Å². The van der Waals surface area contributed by atoms with E-state index in [2.05, 4.69) is 10.1 Å². The highest BCUT2D eigenvalue weighted by molar-refractivity contribution is 5.96. The third-order valence-corrected chi connectivity index (χ3v) is 4.75. The molecule has 30 heavy (non-hydrogen) atoms. The molecule has 2 N–H and O–H groups in total. The fraction of sp³-hybridized carbons (Fsp3) is 0.0417. The smallest absolute Gasteiger partial charge is 0.337 e. The molecule has 0 unspecified atom stereocenters. The molecule has 0 aliphatic rings. The number of aromatic nitrogens is 2. The van der Waals surface area contributed by atoms with Gasteiger partial charge in [-0.1, -0.05) is 60.2 Å². The highest BCUT2D eigenvalue weighted by Gasteiger charge is 2.16. The number of aromatic carboxylic acids is 1. The molecule has 1 heterocycles. The lowest BCUT2D eigenvalue weighted by atomic mass is 10.1. The van der Waals surface area contributed by atoms with Crippen molar-refractivity contribution in [1.82, 2.24) is 9.78 Å². The summed E-state index contributed by atoms with van der Waals surface area (Å²) in [6.45, 7) is 1.99. The average molecular weight is 397 g/mol. The van der Waals surface area contributed by atoms with Gasteiger partial charge in [-0.3, -0.25) is 14.9 Å². The first-order valence-corrected chi connectivity index (χ1v) is 9.38. The summed E-state index contributed by atoms with van der Waals surface area (Å²) in [5.41, 5.74) is 3.68. The zero-order chi connectivity index (χ0) is 21.1. The molecule has 0 spiro atoms. The van der Waals surface area contributed by atoms with E-state index < -0.39 is 5.97 Å². The number of nitrogens with one attached hydrogen (secondary N) is 1. The van der Waals surface area contributed by atoms with Crippen LogP contribution < -0.4 is 5.56 Å². The summed E-state index contributed by atoms with van der Waals surface area (Å²) in [5, 5.41) is 12.6. The quantitative estimate of drug-likeness (QED) is 0.483. The van der Waals surface area contributed by atoms with Crippen LogP contribution in [0.1, 0.15) is 21.5 Å². The Labute approximate surface area is 172 Å². The Morgan fingerprint density at radius 1 is 0.967 bits per heavy atom. The maximum atomic E-state index is 13.2. The van der Waals surface area contributed by atoms with Crippen molar-refractivity contribution in [2.45, 2.75) is 6.92 Å². The van der Waals surface area contributed by atoms with Crippen molar-refractivity contribution in [2.24, 2.45) is 4.99 Å². The van der Waals surface area contributed by atoms with Gasteiger partial charge in [0.2, 0.25) is 0 Å². The maximum Gasteiger partial charge on any atom is 0.337 e. The highest BCUT2D eigenvalue weighted by atomic mass is 16.4. The number of carbonyl (C=O) groups is 1. The van der Waals surface area contributed by atoms with E-state index in [1.165, 1.54) is 17.0 Å². The van der Waals surface area contributed by atoms with E-state index in [0.29, 0.717) is 16.9 Å². The standard InChI is InChI=1S/C24H19N3O3/c1-16-11-13-17(14-12-16)22-20(15-25-21-10-6-5-9-19(21)24(29)30)23(28)27(26-22)18-7-3-2-4-8-18/h2-15,26H,1H3,(H,29,30). The van der Waals surface area contributed by atoms with Crippen LogP contribution in [0.15, 0.2) is 88.6 Å². The van der Waals surface area contributed by atoms with Gasteiger partial charge >= 0.3 is 5.97 Å². The van der Waals surface area contributed by atoms with Crippen LogP contribution in [-0.4, -0.2) is 27.1 Å². The maximum absolute atomic E-state index is 13.2. The van der Waals surface area contributed by atoms with Gasteiger partial charge in [0.1, 0.15) is 0 Å². The van der Waals surface area contributed by atoms with Crippen molar-refractivity contribution in [2.75, 3.05) is 0 Å². The molecule has 6 heteroatoms. The minimum Gasteiger partial charge on any atom is -0.478 e. The van der Waals surface area contributed by atoms with Crippen LogP contribution in [0.3, 0.4) is 0 Å². The number of para-hydroxylation sites is 2. The van der Waals surface area contributed by atoms with Crippen molar-refractivity contribution < 1.29 is 9.90 Å². The second-order valence-corrected chi connectivity index (χ2v) is 6.82. The minimum absolute atomic E-state index is 0.0737. The van der Waals surface area contributed by atoms with Crippen molar-refractivity contribution in [3.8, 4) is 16.9 Å². The van der Waals surface area contributed by atoms with E-state index in [0.717, 1.165) is 11.1 Å². The highest BCUT2D eigenvalue weighted by Crippen LogP contribution is 2.23. The number of H-pyrrole nitrogens is 1. The van der Waals surface area contributed by atoms with Crippen molar-refractivity contribution in [1.29, 1.82) is 0 Å². The molecule has 0 bridgehead atoms. The Kier molecular flexibility index (Phi) is 5.13. The first kappa shape index (κ1) is 19.1. The van der Waals surface area contributed by atoms with Crippen LogP contribution >= 0.6 is 0 Å². The van der Waals surface area contributed by atoms with Crippen molar-refractivity contribution in [3.05, 3.63) is 106 Å². The molecule has 0 radical (unpaired) electrons. The predicted molar refractivity (Wildman–Crippen MR) is 117 cm³/mol. The molecule has 1 aromatic heterocycles. The second-order valence-electron chi connectivity index (χ2n) is 6.82. The lowest BCUT2D eigenvalue weighted by Crippen LogP contribution is -2.17. The number of hydrogen-bond acceptors (Lipinski definition) is 3. The molecule has 148 valence electrons. The van der Waals surface area contributed by atoms with E-state index in [4.69, 9.17) is 0 Å². The predicted octanol–water partition coefficient (Wildman–Crippen LogP) is 4.59. The summed E-state index contributed by atoms with van der Waals surface area (Å²) < 4.78 is 1.46. The summed E-state index contributed by atoms with van der Waals surface area (Å²) in [4.78, 5) is 29.0. The van der Waals surface area contributed by atoms with E-state index in [-0.39, 0.29) is 16.8 Å². The zero-order valence-electron chi connectivity index (χ0n) is 16.2. The van der Waals surface area contributed by atoms with Crippen molar-refractivity contribution in [3.63, 3.8) is 0 Å². The molecule has 0 saturated heterocycles. The molecule has 0 amide bonds. The lowest BCUT2D eigenvalue weighted by molar-refractivity contribution is 0.0698. The number of nitrogens with zero attached hydrogens (tertiary/aromatic N) is 2. The van der Waals surface area contributed by atoms with Gasteiger partial charge in [0, 0.05) is 11.8 Å². The first-order chi connectivity index (χ1) is 14.5. The largest absolute Gasteiger partial charge is 0.478 e. The van der Waals surface area contributed by atoms with Crippen LogP contribution in [0.4, 0.5) is 5.69 Å². The Balaban J connectivity index is 1.88. The Bertz CT molecular complexity index is 1280. The lowest BCUT2D eigenvalue weighted by Gasteiger charge is -2.02. The first-order valence-electron chi connectivity index (χ1n) is 9.38. The topological polar surface area (TPSA) is 87.5 Å². The third kappa shape index (κ3) is 3.71. The number of rotatable bonds is 5. The molecular weight excluding hydrogens is 378 g/mol. The van der Waals surface area contributed by atoms with E-state index in [9.17, 15) is 14.7 Å². The molecule has 6 nitrogen and oxygen atoms in total. The van der Waals surface area contributed by atoms with E-state index in [1.807, 2.05) is 61.5 Å². The fourth-order valence-corrected chi connectivity index (χ4v) is 3.17. The second kappa shape index (κ2) is 8.05. The summed E-state index contributed by atoms with van der Waals surface area (Å²) in [5.74, 6) is -1.07. The molecule has 4 aromatic rings. The van der Waals surface area contributed by atoms with Crippen LogP contribution in [0.2, 0.25) is 0 Å². The van der Waals surface area contributed by atoms with Gasteiger partial charge in [0.05, 0.1) is 28.2 Å². The van der Waals surface area contributed by atoms with Gasteiger partial charge in [-0.15, -0.1) is 0 Å². The number of aromatic amines is 1.